The molecular formula is C14H19N3O3S. The summed E-state index contributed by atoms with van der Waals surface area (Å²) < 4.78 is 0. The summed E-state index contributed by atoms with van der Waals surface area (Å²) in [5.41, 5.74) is 5.60. The summed E-state index contributed by atoms with van der Waals surface area (Å²) in [6.07, 6.45) is 2.98. The lowest BCUT2D eigenvalue weighted by Gasteiger charge is -2.14. The van der Waals surface area contributed by atoms with Gasteiger partial charge in [-0.15, -0.1) is 0 Å². The van der Waals surface area contributed by atoms with E-state index >= 15 is 0 Å². The normalized spacial score (nSPS) is 21.2. The number of benzene rings is 1. The molecule has 0 aromatic heterocycles. The summed E-state index contributed by atoms with van der Waals surface area (Å²) >= 11 is 1.91. The van der Waals surface area contributed by atoms with Crippen molar-refractivity contribution in [3.63, 3.8) is 0 Å². The Labute approximate surface area is 127 Å². The SMILES string of the molecule is CCSC1CCC(NC(=O)c2cccc([N+](=O)[O-])c2N)C1. The number of hydrogen-bond donors (Lipinski definition) is 2. The van der Waals surface area contributed by atoms with Crippen LogP contribution in [0.25, 0.3) is 0 Å². The van der Waals surface area contributed by atoms with E-state index in [2.05, 4.69) is 12.2 Å². The van der Waals surface area contributed by atoms with Crippen LogP contribution in [0.1, 0.15) is 36.5 Å². The minimum Gasteiger partial charge on any atom is -0.393 e. The number of nitro benzene ring substituents is 1. The lowest BCUT2D eigenvalue weighted by atomic mass is 10.1. The van der Waals surface area contributed by atoms with E-state index in [1.54, 1.807) is 0 Å². The molecule has 2 rings (SSSR count). The maximum Gasteiger partial charge on any atom is 0.292 e. The van der Waals surface area contributed by atoms with Gasteiger partial charge in [-0.05, 0) is 31.1 Å². The van der Waals surface area contributed by atoms with E-state index in [1.165, 1.54) is 18.2 Å². The van der Waals surface area contributed by atoms with Gasteiger partial charge in [0, 0.05) is 17.4 Å². The van der Waals surface area contributed by atoms with Crippen LogP contribution in [0.2, 0.25) is 0 Å². The van der Waals surface area contributed by atoms with Crippen LogP contribution in [0, 0.1) is 10.1 Å². The molecule has 0 aliphatic heterocycles. The number of nitrogens with one attached hydrogen (secondary N) is 1. The van der Waals surface area contributed by atoms with Gasteiger partial charge in [0.25, 0.3) is 11.6 Å². The number of carbonyl (C=O) groups is 1. The minimum atomic E-state index is -0.574. The maximum absolute atomic E-state index is 12.2. The highest BCUT2D eigenvalue weighted by atomic mass is 32.2. The highest BCUT2D eigenvalue weighted by Gasteiger charge is 2.27. The quantitative estimate of drug-likeness (QED) is 0.495. The van der Waals surface area contributed by atoms with Crippen LogP contribution >= 0.6 is 11.8 Å². The summed E-state index contributed by atoms with van der Waals surface area (Å²) in [7, 11) is 0. The highest BCUT2D eigenvalue weighted by Crippen LogP contribution is 2.30. The molecule has 21 heavy (non-hydrogen) atoms. The van der Waals surface area contributed by atoms with Crippen LogP contribution in [-0.4, -0.2) is 27.9 Å². The van der Waals surface area contributed by atoms with Gasteiger partial charge >= 0.3 is 0 Å². The maximum atomic E-state index is 12.2. The number of para-hydroxylation sites is 1. The largest absolute Gasteiger partial charge is 0.393 e. The minimum absolute atomic E-state index is 0.0718. The zero-order valence-corrected chi connectivity index (χ0v) is 12.7. The van der Waals surface area contributed by atoms with Gasteiger partial charge in [0.1, 0.15) is 5.69 Å². The monoisotopic (exact) mass is 309 g/mol. The number of nitrogens with zero attached hydrogens (tertiary/aromatic N) is 1. The lowest BCUT2D eigenvalue weighted by Crippen LogP contribution is -2.33. The van der Waals surface area contributed by atoms with Crippen LogP contribution in [0.5, 0.6) is 0 Å². The highest BCUT2D eigenvalue weighted by molar-refractivity contribution is 7.99. The molecule has 0 heterocycles. The molecule has 0 spiro atoms. The van der Waals surface area contributed by atoms with Crippen molar-refractivity contribution < 1.29 is 9.72 Å². The Balaban J connectivity index is 2.05. The number of nitrogens with two attached hydrogens (primary N) is 1. The number of anilines is 1. The van der Waals surface area contributed by atoms with Gasteiger partial charge in [-0.2, -0.15) is 11.8 Å². The number of amides is 1. The number of thioether (sulfide) groups is 1. The molecule has 0 saturated heterocycles. The van der Waals surface area contributed by atoms with Crippen molar-refractivity contribution in [1.29, 1.82) is 0 Å². The fourth-order valence-corrected chi connectivity index (χ4v) is 3.77. The fourth-order valence-electron chi connectivity index (χ4n) is 2.63. The Kier molecular flexibility index (Phi) is 5.06. The Bertz CT molecular complexity index is 550. The summed E-state index contributed by atoms with van der Waals surface area (Å²) in [4.78, 5) is 22.5. The van der Waals surface area contributed by atoms with Crippen LogP contribution in [-0.2, 0) is 0 Å². The average Bonchev–Trinajstić information content (AvgIpc) is 2.86. The molecule has 7 heteroatoms. The van der Waals surface area contributed by atoms with E-state index in [9.17, 15) is 14.9 Å². The van der Waals surface area contributed by atoms with Crippen molar-refractivity contribution >= 4 is 29.0 Å². The zero-order chi connectivity index (χ0) is 15.4. The molecule has 6 nitrogen and oxygen atoms in total. The van der Waals surface area contributed by atoms with E-state index in [0.29, 0.717) is 5.25 Å². The third-order valence-corrected chi connectivity index (χ3v) is 4.88. The zero-order valence-electron chi connectivity index (χ0n) is 11.9. The van der Waals surface area contributed by atoms with Crippen molar-refractivity contribution in [1.82, 2.24) is 5.32 Å². The van der Waals surface area contributed by atoms with Gasteiger partial charge < -0.3 is 11.1 Å². The Morgan fingerprint density at radius 2 is 2.29 bits per heavy atom. The van der Waals surface area contributed by atoms with E-state index in [-0.39, 0.29) is 28.9 Å². The van der Waals surface area contributed by atoms with E-state index in [4.69, 9.17) is 5.73 Å². The molecule has 1 aromatic rings. The first-order valence-electron chi connectivity index (χ1n) is 6.98. The first-order chi connectivity index (χ1) is 10.0. The molecule has 1 saturated carbocycles. The van der Waals surface area contributed by atoms with Gasteiger partial charge in [0.05, 0.1) is 10.5 Å². The van der Waals surface area contributed by atoms with Gasteiger partial charge in [-0.3, -0.25) is 14.9 Å². The molecule has 114 valence electrons. The second-order valence-corrected chi connectivity index (χ2v) is 6.63. The first kappa shape index (κ1) is 15.6. The van der Waals surface area contributed by atoms with Crippen molar-refractivity contribution in [2.24, 2.45) is 0 Å². The average molecular weight is 309 g/mol. The summed E-state index contributed by atoms with van der Waals surface area (Å²) in [6.45, 7) is 2.13. The predicted molar refractivity (Wildman–Crippen MR) is 84.5 cm³/mol. The second kappa shape index (κ2) is 6.80. The van der Waals surface area contributed by atoms with Crippen LogP contribution in [0.4, 0.5) is 11.4 Å². The second-order valence-electron chi connectivity index (χ2n) is 5.06. The number of hydrogen-bond acceptors (Lipinski definition) is 5. The van der Waals surface area contributed by atoms with E-state index < -0.39 is 4.92 Å². The van der Waals surface area contributed by atoms with Gasteiger partial charge in [0.15, 0.2) is 0 Å². The number of carbonyl (C=O) groups excluding carboxylic acids is 1. The number of rotatable bonds is 5. The van der Waals surface area contributed by atoms with Crippen molar-refractivity contribution in [2.75, 3.05) is 11.5 Å². The molecule has 0 bridgehead atoms. The molecule has 0 radical (unpaired) electrons. The first-order valence-corrected chi connectivity index (χ1v) is 8.03. The van der Waals surface area contributed by atoms with Gasteiger partial charge in [-0.25, -0.2) is 0 Å². The fraction of sp³-hybridized carbons (Fsp3) is 0.500. The Morgan fingerprint density at radius 3 is 2.95 bits per heavy atom. The molecule has 2 unspecified atom stereocenters. The van der Waals surface area contributed by atoms with Crippen LogP contribution < -0.4 is 11.1 Å². The smallest absolute Gasteiger partial charge is 0.292 e. The van der Waals surface area contributed by atoms with Crippen molar-refractivity contribution in [3.8, 4) is 0 Å². The summed E-state index contributed by atoms with van der Waals surface area (Å²) in [6, 6.07) is 4.43. The van der Waals surface area contributed by atoms with Crippen molar-refractivity contribution in [3.05, 3.63) is 33.9 Å². The number of nitro groups is 1. The summed E-state index contributed by atoms with van der Waals surface area (Å²) in [5, 5.41) is 14.4. The molecule has 2 atom stereocenters. The standard InChI is InChI=1S/C14H19N3O3S/c1-2-21-10-7-6-9(8-10)16-14(18)11-4-3-5-12(13(11)15)17(19)20/h3-5,9-10H,2,6-8,15H2,1H3,(H,16,18). The molecule has 3 N–H and O–H groups in total. The lowest BCUT2D eigenvalue weighted by molar-refractivity contribution is -0.383. The molecule has 1 fully saturated rings. The van der Waals surface area contributed by atoms with Crippen LogP contribution in [0.3, 0.4) is 0 Å². The van der Waals surface area contributed by atoms with E-state index in [0.717, 1.165) is 25.0 Å². The Hall–Kier alpha value is -1.76. The summed E-state index contributed by atoms with van der Waals surface area (Å²) in [5.74, 6) is 0.742. The molecule has 1 aliphatic rings. The van der Waals surface area contributed by atoms with Gasteiger partial charge in [-0.1, -0.05) is 13.0 Å². The molecule has 1 amide bonds. The molecule has 1 aliphatic carbocycles. The third-order valence-electron chi connectivity index (χ3n) is 3.65. The van der Waals surface area contributed by atoms with Crippen molar-refractivity contribution in [2.45, 2.75) is 37.5 Å². The van der Waals surface area contributed by atoms with Gasteiger partial charge in [0.2, 0.25) is 0 Å². The molecular weight excluding hydrogens is 290 g/mol. The van der Waals surface area contributed by atoms with Crippen LogP contribution in [0.15, 0.2) is 18.2 Å². The predicted octanol–water partition coefficient (Wildman–Crippen LogP) is 2.58. The third kappa shape index (κ3) is 3.66. The topological polar surface area (TPSA) is 98.3 Å². The Morgan fingerprint density at radius 1 is 1.52 bits per heavy atom. The van der Waals surface area contributed by atoms with E-state index in [1.807, 2.05) is 11.8 Å². The number of nitrogen functional groups attached to an aromatic ring is 1. The molecule has 1 aromatic carbocycles.